The number of hydrogen-bond acceptors (Lipinski definition) is 4. The van der Waals surface area contributed by atoms with E-state index in [0.717, 1.165) is 17.1 Å². The van der Waals surface area contributed by atoms with Gasteiger partial charge in [0.2, 0.25) is 11.8 Å². The first kappa shape index (κ1) is 22.7. The van der Waals surface area contributed by atoms with Gasteiger partial charge in [0.05, 0.1) is 13.2 Å². The fourth-order valence-corrected chi connectivity index (χ4v) is 3.58. The lowest BCUT2D eigenvalue weighted by Gasteiger charge is -2.35. The van der Waals surface area contributed by atoms with E-state index in [9.17, 15) is 9.59 Å². The van der Waals surface area contributed by atoms with Crippen molar-refractivity contribution in [2.75, 3.05) is 39.4 Å². The summed E-state index contributed by atoms with van der Waals surface area (Å²) in [4.78, 5) is 28.6. The molecule has 6 nitrogen and oxygen atoms in total. The fraction of sp³-hybridized carbons (Fsp3) is 0.440. The van der Waals surface area contributed by atoms with Crippen molar-refractivity contribution in [2.24, 2.45) is 0 Å². The highest BCUT2D eigenvalue weighted by Gasteiger charge is 2.23. The average molecular weight is 425 g/mol. The van der Waals surface area contributed by atoms with Crippen LogP contribution in [0.25, 0.3) is 0 Å². The summed E-state index contributed by atoms with van der Waals surface area (Å²) in [6, 6.07) is 17.5. The van der Waals surface area contributed by atoms with Gasteiger partial charge in [0.25, 0.3) is 0 Å². The molecule has 0 spiro atoms. The summed E-state index contributed by atoms with van der Waals surface area (Å²) in [5, 5.41) is 0. The van der Waals surface area contributed by atoms with Gasteiger partial charge in [-0.15, -0.1) is 0 Å². The molecule has 2 aromatic carbocycles. The minimum Gasteiger partial charge on any atom is -0.494 e. The molecule has 0 N–H and O–H groups in total. The van der Waals surface area contributed by atoms with Crippen molar-refractivity contribution < 1.29 is 19.1 Å². The highest BCUT2D eigenvalue weighted by Crippen LogP contribution is 2.17. The minimum atomic E-state index is 0.135. The molecule has 0 radical (unpaired) electrons. The van der Waals surface area contributed by atoms with E-state index in [2.05, 4.69) is 0 Å². The molecular formula is C25H32N2O4. The molecular weight excluding hydrogens is 392 g/mol. The summed E-state index contributed by atoms with van der Waals surface area (Å²) in [6.45, 7) is 5.47. The smallest absolute Gasteiger partial charge is 0.222 e. The van der Waals surface area contributed by atoms with Gasteiger partial charge in [-0.05, 0) is 43.5 Å². The van der Waals surface area contributed by atoms with Crippen LogP contribution in [0.15, 0.2) is 54.6 Å². The van der Waals surface area contributed by atoms with Crippen molar-refractivity contribution >= 4 is 11.8 Å². The third kappa shape index (κ3) is 7.31. The highest BCUT2D eigenvalue weighted by atomic mass is 16.5. The van der Waals surface area contributed by atoms with Gasteiger partial charge in [0.1, 0.15) is 11.5 Å². The lowest BCUT2D eigenvalue weighted by Crippen LogP contribution is -2.50. The van der Waals surface area contributed by atoms with E-state index < -0.39 is 0 Å². The number of nitrogens with zero attached hydrogens (tertiary/aromatic N) is 2. The first-order valence-electron chi connectivity index (χ1n) is 11.1. The third-order valence-electron chi connectivity index (χ3n) is 5.42. The Morgan fingerprint density at radius 3 is 1.84 bits per heavy atom. The number of piperazine rings is 1. The Hall–Kier alpha value is -3.02. The van der Waals surface area contributed by atoms with Gasteiger partial charge in [-0.3, -0.25) is 9.59 Å². The van der Waals surface area contributed by atoms with Gasteiger partial charge in [-0.25, -0.2) is 0 Å². The SMILES string of the molecule is Cc1ccccc1OCCCC(=O)N1CCN(C(=O)CCCOc2ccccc2)CC1. The highest BCUT2D eigenvalue weighted by molar-refractivity contribution is 5.78. The predicted molar refractivity (Wildman–Crippen MR) is 120 cm³/mol. The summed E-state index contributed by atoms with van der Waals surface area (Å²) in [6.07, 6.45) is 2.31. The van der Waals surface area contributed by atoms with Crippen LogP contribution in [0, 0.1) is 6.92 Å². The molecule has 1 fully saturated rings. The van der Waals surface area contributed by atoms with Crippen LogP contribution in [0.4, 0.5) is 0 Å². The molecule has 2 aromatic rings. The Morgan fingerprint density at radius 2 is 1.26 bits per heavy atom. The van der Waals surface area contributed by atoms with Crippen LogP contribution in [-0.4, -0.2) is 61.0 Å². The molecule has 31 heavy (non-hydrogen) atoms. The molecule has 1 aliphatic rings. The van der Waals surface area contributed by atoms with Crippen LogP contribution in [-0.2, 0) is 9.59 Å². The largest absolute Gasteiger partial charge is 0.494 e. The summed E-state index contributed by atoms with van der Waals surface area (Å²) in [7, 11) is 0. The maximum atomic E-state index is 12.4. The molecule has 0 aromatic heterocycles. The van der Waals surface area contributed by atoms with Crippen molar-refractivity contribution in [3.05, 3.63) is 60.2 Å². The molecule has 0 atom stereocenters. The summed E-state index contributed by atoms with van der Waals surface area (Å²) in [5.74, 6) is 1.97. The van der Waals surface area contributed by atoms with E-state index >= 15 is 0 Å². The Labute approximate surface area is 184 Å². The van der Waals surface area contributed by atoms with E-state index in [1.165, 1.54) is 0 Å². The normalized spacial score (nSPS) is 13.7. The van der Waals surface area contributed by atoms with E-state index in [1.807, 2.05) is 71.3 Å². The Morgan fingerprint density at radius 1 is 0.742 bits per heavy atom. The van der Waals surface area contributed by atoms with Crippen LogP contribution < -0.4 is 9.47 Å². The quantitative estimate of drug-likeness (QED) is 0.546. The zero-order chi connectivity index (χ0) is 21.9. The molecule has 1 aliphatic heterocycles. The molecule has 0 saturated carbocycles. The Kier molecular flexibility index (Phi) is 8.76. The van der Waals surface area contributed by atoms with E-state index in [4.69, 9.17) is 9.47 Å². The number of hydrogen-bond donors (Lipinski definition) is 0. The van der Waals surface area contributed by atoms with Crippen molar-refractivity contribution in [3.8, 4) is 11.5 Å². The van der Waals surface area contributed by atoms with Crippen LogP contribution in [0.2, 0.25) is 0 Å². The van der Waals surface area contributed by atoms with Crippen LogP contribution in [0.5, 0.6) is 11.5 Å². The lowest BCUT2D eigenvalue weighted by molar-refractivity contribution is -0.139. The van der Waals surface area contributed by atoms with E-state index in [1.54, 1.807) is 0 Å². The molecule has 0 aliphatic carbocycles. The average Bonchev–Trinajstić information content (AvgIpc) is 2.81. The third-order valence-corrected chi connectivity index (χ3v) is 5.42. The van der Waals surface area contributed by atoms with E-state index in [-0.39, 0.29) is 11.8 Å². The molecule has 166 valence electrons. The second-order valence-corrected chi connectivity index (χ2v) is 7.74. The van der Waals surface area contributed by atoms with E-state index in [0.29, 0.717) is 65.1 Å². The number of aryl methyl sites for hydroxylation is 1. The van der Waals surface area contributed by atoms with Crippen LogP contribution in [0.3, 0.4) is 0 Å². The second-order valence-electron chi connectivity index (χ2n) is 7.74. The number of carbonyl (C=O) groups excluding carboxylic acids is 2. The molecule has 0 unspecified atom stereocenters. The molecule has 1 saturated heterocycles. The van der Waals surface area contributed by atoms with Crippen molar-refractivity contribution in [1.29, 1.82) is 0 Å². The topological polar surface area (TPSA) is 59.1 Å². The number of ether oxygens (including phenoxy) is 2. The van der Waals surface area contributed by atoms with Gasteiger partial charge in [0, 0.05) is 39.0 Å². The van der Waals surface area contributed by atoms with Gasteiger partial charge in [0.15, 0.2) is 0 Å². The minimum absolute atomic E-state index is 0.135. The maximum Gasteiger partial charge on any atom is 0.222 e. The van der Waals surface area contributed by atoms with Crippen molar-refractivity contribution in [1.82, 2.24) is 9.80 Å². The first-order chi connectivity index (χ1) is 15.1. The number of rotatable bonds is 10. The standard InChI is InChI=1S/C25H32N2O4/c1-21-9-5-6-12-23(21)31-20-8-14-25(29)27-17-15-26(16-18-27)24(28)13-7-19-30-22-10-3-2-4-11-22/h2-6,9-12H,7-8,13-20H2,1H3. The second kappa shape index (κ2) is 12.0. The fourth-order valence-electron chi connectivity index (χ4n) is 3.58. The van der Waals surface area contributed by atoms with Crippen molar-refractivity contribution in [2.45, 2.75) is 32.6 Å². The molecule has 2 amide bonds. The number of amides is 2. The maximum absolute atomic E-state index is 12.4. The van der Waals surface area contributed by atoms with Crippen LogP contribution >= 0.6 is 0 Å². The van der Waals surface area contributed by atoms with Gasteiger partial charge in [-0.2, -0.15) is 0 Å². The van der Waals surface area contributed by atoms with Gasteiger partial charge < -0.3 is 19.3 Å². The van der Waals surface area contributed by atoms with Gasteiger partial charge in [-0.1, -0.05) is 36.4 Å². The lowest BCUT2D eigenvalue weighted by atomic mass is 10.2. The van der Waals surface area contributed by atoms with Gasteiger partial charge >= 0.3 is 0 Å². The Bertz CT molecular complexity index is 832. The Balaban J connectivity index is 1.27. The molecule has 0 bridgehead atoms. The summed E-state index contributed by atoms with van der Waals surface area (Å²) < 4.78 is 11.4. The monoisotopic (exact) mass is 424 g/mol. The summed E-state index contributed by atoms with van der Waals surface area (Å²) in [5.41, 5.74) is 1.10. The molecule has 6 heteroatoms. The zero-order valence-electron chi connectivity index (χ0n) is 18.3. The first-order valence-corrected chi connectivity index (χ1v) is 11.1. The number of para-hydroxylation sites is 2. The summed E-state index contributed by atoms with van der Waals surface area (Å²) >= 11 is 0. The van der Waals surface area contributed by atoms with Crippen molar-refractivity contribution in [3.63, 3.8) is 0 Å². The number of carbonyl (C=O) groups is 2. The van der Waals surface area contributed by atoms with Crippen LogP contribution in [0.1, 0.15) is 31.2 Å². The number of benzene rings is 2. The molecule has 3 rings (SSSR count). The predicted octanol–water partition coefficient (Wildman–Crippen LogP) is 3.68. The zero-order valence-corrected chi connectivity index (χ0v) is 18.3. The molecule has 1 heterocycles.